The number of nitrogens with zero attached hydrogens (tertiary/aromatic N) is 3. The summed E-state index contributed by atoms with van der Waals surface area (Å²) in [5, 5.41) is 10.9. The summed E-state index contributed by atoms with van der Waals surface area (Å²) >= 11 is 6.19. The van der Waals surface area contributed by atoms with Crippen molar-refractivity contribution in [3.05, 3.63) is 28.5 Å². The molecule has 9 heteroatoms. The van der Waals surface area contributed by atoms with E-state index < -0.39 is 0 Å². The van der Waals surface area contributed by atoms with Crippen LogP contribution in [0.3, 0.4) is 0 Å². The van der Waals surface area contributed by atoms with E-state index in [0.717, 1.165) is 41.8 Å². The van der Waals surface area contributed by atoms with Crippen LogP contribution in [0.5, 0.6) is 5.88 Å². The highest BCUT2D eigenvalue weighted by Crippen LogP contribution is 2.32. The molecule has 0 atom stereocenters. The molecule has 0 aliphatic carbocycles. The van der Waals surface area contributed by atoms with Gasteiger partial charge in [0.15, 0.2) is 0 Å². The number of halogens is 1. The average Bonchev–Trinajstić information content (AvgIpc) is 3.01. The molecule has 0 amide bonds. The Balaban J connectivity index is 1.76. The van der Waals surface area contributed by atoms with Crippen molar-refractivity contribution in [2.45, 2.75) is 13.0 Å². The zero-order chi connectivity index (χ0) is 17.4. The van der Waals surface area contributed by atoms with Gasteiger partial charge in [0.1, 0.15) is 17.2 Å². The second-order valence-corrected chi connectivity index (χ2v) is 6.12. The van der Waals surface area contributed by atoms with Crippen LogP contribution in [0.25, 0.3) is 11.0 Å². The minimum Gasteiger partial charge on any atom is -0.480 e. The molecule has 0 radical (unpaired) electrons. The zero-order valence-electron chi connectivity index (χ0n) is 13.9. The van der Waals surface area contributed by atoms with Crippen molar-refractivity contribution in [1.82, 2.24) is 25.3 Å². The molecule has 4 N–H and O–H groups in total. The van der Waals surface area contributed by atoms with Gasteiger partial charge < -0.3 is 25.7 Å². The maximum Gasteiger partial charge on any atom is 0.237 e. The lowest BCUT2D eigenvalue weighted by molar-refractivity contribution is 0.397. The molecule has 0 unspecified atom stereocenters. The number of aromatic amines is 1. The molecule has 3 aromatic rings. The first-order valence-corrected chi connectivity index (χ1v) is 8.34. The number of pyridine rings is 1. The Kier molecular flexibility index (Phi) is 4.06. The highest BCUT2D eigenvalue weighted by Gasteiger charge is 2.17. The third-order valence-corrected chi connectivity index (χ3v) is 4.47. The van der Waals surface area contributed by atoms with Crippen molar-refractivity contribution in [2.24, 2.45) is 0 Å². The number of hydrogen-bond acceptors (Lipinski definition) is 7. The fourth-order valence-electron chi connectivity index (χ4n) is 2.97. The average molecular weight is 360 g/mol. The molecule has 8 nitrogen and oxygen atoms in total. The smallest absolute Gasteiger partial charge is 0.237 e. The van der Waals surface area contributed by atoms with Crippen LogP contribution < -0.4 is 20.7 Å². The Morgan fingerprint density at radius 2 is 2.16 bits per heavy atom. The molecular formula is C16H18ClN7O. The second kappa shape index (κ2) is 6.38. The number of nitrogens with one attached hydrogen (secondary N) is 4. The minimum absolute atomic E-state index is 0.430. The number of aromatic nitrogens is 4. The van der Waals surface area contributed by atoms with Crippen LogP contribution in [0.1, 0.15) is 11.3 Å². The maximum atomic E-state index is 6.19. The number of fused-ring (bicyclic) bond motifs is 2. The fourth-order valence-corrected chi connectivity index (χ4v) is 3.20. The van der Waals surface area contributed by atoms with E-state index in [2.05, 4.69) is 35.9 Å². The van der Waals surface area contributed by atoms with Crippen molar-refractivity contribution in [3.63, 3.8) is 0 Å². The molecule has 0 fully saturated rings. The Hall–Kier alpha value is -2.58. The first-order chi connectivity index (χ1) is 12.2. The molecule has 130 valence electrons. The summed E-state index contributed by atoms with van der Waals surface area (Å²) in [7, 11) is 3.40. The predicted octanol–water partition coefficient (Wildman–Crippen LogP) is 2.45. The standard InChI is InChI=1S/C16H18ClN7O/c1-18-13-12-9(17)7-20-14(12)24-16(23-13)22-11-5-8-6-19-4-3-10(8)21-15(11)25-2/h5,7,19H,3-4,6H2,1-2H3,(H3,18,20,22,23,24). The molecule has 1 aliphatic rings. The molecule has 0 saturated heterocycles. The van der Waals surface area contributed by atoms with Gasteiger partial charge in [0.05, 0.1) is 23.2 Å². The van der Waals surface area contributed by atoms with Crippen LogP contribution in [0, 0.1) is 0 Å². The molecule has 0 spiro atoms. The summed E-state index contributed by atoms with van der Waals surface area (Å²) in [4.78, 5) is 16.6. The maximum absolute atomic E-state index is 6.19. The van der Waals surface area contributed by atoms with E-state index in [1.165, 1.54) is 0 Å². The van der Waals surface area contributed by atoms with Crippen LogP contribution in [-0.2, 0) is 13.0 Å². The van der Waals surface area contributed by atoms with Gasteiger partial charge in [0, 0.05) is 32.8 Å². The van der Waals surface area contributed by atoms with Crippen molar-refractivity contribution in [1.29, 1.82) is 0 Å². The topological polar surface area (TPSA) is 99.8 Å². The number of methoxy groups -OCH3 is 1. The third kappa shape index (κ3) is 2.83. The fraction of sp³-hybridized carbons (Fsp3) is 0.312. The van der Waals surface area contributed by atoms with Gasteiger partial charge in [-0.05, 0) is 11.6 Å². The van der Waals surface area contributed by atoms with E-state index in [0.29, 0.717) is 28.3 Å². The lowest BCUT2D eigenvalue weighted by atomic mass is 10.1. The molecule has 1 aliphatic heterocycles. The monoisotopic (exact) mass is 359 g/mol. The molecular weight excluding hydrogens is 342 g/mol. The van der Waals surface area contributed by atoms with Crippen LogP contribution >= 0.6 is 11.6 Å². The molecule has 25 heavy (non-hydrogen) atoms. The normalized spacial score (nSPS) is 13.6. The molecule has 0 aromatic carbocycles. The Morgan fingerprint density at radius 3 is 2.96 bits per heavy atom. The van der Waals surface area contributed by atoms with Crippen molar-refractivity contribution >= 4 is 40.1 Å². The number of anilines is 3. The quantitative estimate of drug-likeness (QED) is 0.567. The molecule has 4 heterocycles. The van der Waals surface area contributed by atoms with Crippen LogP contribution in [0.4, 0.5) is 17.5 Å². The van der Waals surface area contributed by atoms with E-state index in [1.54, 1.807) is 20.4 Å². The van der Waals surface area contributed by atoms with E-state index in [1.807, 2.05) is 6.07 Å². The number of H-pyrrole nitrogens is 1. The summed E-state index contributed by atoms with van der Waals surface area (Å²) in [5.41, 5.74) is 3.58. The zero-order valence-corrected chi connectivity index (χ0v) is 14.7. The van der Waals surface area contributed by atoms with Gasteiger partial charge in [-0.1, -0.05) is 11.6 Å². The number of ether oxygens (including phenoxy) is 1. The lowest BCUT2D eigenvalue weighted by Crippen LogP contribution is -2.24. The summed E-state index contributed by atoms with van der Waals surface area (Å²) in [6, 6.07) is 2.03. The highest BCUT2D eigenvalue weighted by atomic mass is 35.5. The van der Waals surface area contributed by atoms with Crippen LogP contribution in [-0.4, -0.2) is 40.6 Å². The van der Waals surface area contributed by atoms with E-state index in [-0.39, 0.29) is 0 Å². The molecule has 3 aromatic heterocycles. The van der Waals surface area contributed by atoms with E-state index >= 15 is 0 Å². The van der Waals surface area contributed by atoms with Crippen LogP contribution in [0.2, 0.25) is 5.02 Å². The van der Waals surface area contributed by atoms with Crippen molar-refractivity contribution in [3.8, 4) is 5.88 Å². The van der Waals surface area contributed by atoms with Crippen molar-refractivity contribution < 1.29 is 4.74 Å². The van der Waals surface area contributed by atoms with Gasteiger partial charge in [-0.2, -0.15) is 9.97 Å². The Labute approximate surface area is 149 Å². The van der Waals surface area contributed by atoms with E-state index in [4.69, 9.17) is 16.3 Å². The van der Waals surface area contributed by atoms with Gasteiger partial charge in [0.25, 0.3) is 0 Å². The third-order valence-electron chi connectivity index (χ3n) is 4.17. The summed E-state index contributed by atoms with van der Waals surface area (Å²) in [6.07, 6.45) is 2.58. The van der Waals surface area contributed by atoms with Gasteiger partial charge >= 0.3 is 0 Å². The Bertz CT molecular complexity index is 940. The van der Waals surface area contributed by atoms with Gasteiger partial charge in [0.2, 0.25) is 11.8 Å². The van der Waals surface area contributed by atoms with Gasteiger partial charge in [-0.3, -0.25) is 0 Å². The van der Waals surface area contributed by atoms with Crippen LogP contribution in [0.15, 0.2) is 12.3 Å². The number of hydrogen-bond donors (Lipinski definition) is 4. The summed E-state index contributed by atoms with van der Waals surface area (Å²) in [6.45, 7) is 1.71. The summed E-state index contributed by atoms with van der Waals surface area (Å²) in [5.74, 6) is 1.60. The summed E-state index contributed by atoms with van der Waals surface area (Å²) < 4.78 is 5.44. The lowest BCUT2D eigenvalue weighted by Gasteiger charge is -2.19. The predicted molar refractivity (Wildman–Crippen MR) is 97.9 cm³/mol. The number of rotatable bonds is 4. The molecule has 4 rings (SSSR count). The Morgan fingerprint density at radius 1 is 1.28 bits per heavy atom. The minimum atomic E-state index is 0.430. The molecule has 0 saturated carbocycles. The molecule has 0 bridgehead atoms. The first-order valence-electron chi connectivity index (χ1n) is 7.96. The van der Waals surface area contributed by atoms with Crippen molar-refractivity contribution in [2.75, 3.05) is 31.3 Å². The second-order valence-electron chi connectivity index (χ2n) is 5.71. The largest absolute Gasteiger partial charge is 0.480 e. The van der Waals surface area contributed by atoms with Gasteiger partial charge in [-0.25, -0.2) is 4.98 Å². The highest BCUT2D eigenvalue weighted by molar-refractivity contribution is 6.36. The van der Waals surface area contributed by atoms with E-state index in [9.17, 15) is 0 Å². The SMILES string of the molecule is CNc1nc(Nc2cc3c(nc2OC)CCNC3)nc2[nH]cc(Cl)c12. The first kappa shape index (κ1) is 15.9. The van der Waals surface area contributed by atoms with Gasteiger partial charge in [-0.15, -0.1) is 0 Å².